The molecule has 4 aliphatic rings. The molecule has 5 nitrogen and oxygen atoms in total. The molecule has 0 unspecified atom stereocenters. The van der Waals surface area contributed by atoms with E-state index in [9.17, 15) is 9.59 Å². The van der Waals surface area contributed by atoms with E-state index >= 15 is 0 Å². The molecule has 2 amide bonds. The summed E-state index contributed by atoms with van der Waals surface area (Å²) in [7, 11) is 0. The summed E-state index contributed by atoms with van der Waals surface area (Å²) in [6.07, 6.45) is 11.5. The number of nitrogens with zero attached hydrogens (tertiary/aromatic N) is 1. The van der Waals surface area contributed by atoms with Gasteiger partial charge in [-0.2, -0.15) is 0 Å². The minimum atomic E-state index is -0.234. The molecule has 4 atom stereocenters. The van der Waals surface area contributed by atoms with Crippen molar-refractivity contribution in [1.82, 2.24) is 15.5 Å². The summed E-state index contributed by atoms with van der Waals surface area (Å²) in [6, 6.07) is 8.26. The highest BCUT2D eigenvalue weighted by molar-refractivity contribution is 5.90. The van der Waals surface area contributed by atoms with Crippen LogP contribution >= 0.6 is 0 Å². The Labute approximate surface area is 192 Å². The summed E-state index contributed by atoms with van der Waals surface area (Å²) in [5.41, 5.74) is 2.50. The van der Waals surface area contributed by atoms with Gasteiger partial charge in [0.05, 0.1) is 11.8 Å². The van der Waals surface area contributed by atoms with Crippen LogP contribution in [-0.4, -0.2) is 42.9 Å². The fraction of sp³-hybridized carbons (Fsp3) is 0.630. The summed E-state index contributed by atoms with van der Waals surface area (Å²) >= 11 is 0. The molecule has 1 heterocycles. The van der Waals surface area contributed by atoms with Crippen molar-refractivity contribution >= 4 is 11.8 Å². The van der Waals surface area contributed by atoms with Crippen LogP contribution in [0.3, 0.4) is 0 Å². The number of amides is 2. The normalized spacial score (nSPS) is 29.5. The average molecular weight is 436 g/mol. The van der Waals surface area contributed by atoms with E-state index in [1.165, 1.54) is 31.5 Å². The molecule has 3 aliphatic carbocycles. The van der Waals surface area contributed by atoms with E-state index in [1.54, 1.807) is 0 Å². The lowest BCUT2D eigenvalue weighted by Gasteiger charge is -2.26. The van der Waals surface area contributed by atoms with Gasteiger partial charge >= 0.3 is 0 Å². The molecule has 3 fully saturated rings. The third-order valence-corrected chi connectivity index (χ3v) is 8.43. The summed E-state index contributed by atoms with van der Waals surface area (Å²) in [4.78, 5) is 29.1. The number of carbonyl (C=O) groups excluding carboxylic acids is 2. The molecule has 1 aromatic rings. The second kappa shape index (κ2) is 9.01. The predicted molar refractivity (Wildman–Crippen MR) is 126 cm³/mol. The third-order valence-electron chi connectivity index (χ3n) is 8.43. The van der Waals surface area contributed by atoms with Crippen LogP contribution in [-0.2, 0) is 16.1 Å². The highest BCUT2D eigenvalue weighted by Gasteiger charge is 2.69. The van der Waals surface area contributed by atoms with E-state index in [2.05, 4.69) is 58.9 Å². The molecule has 1 aliphatic heterocycles. The van der Waals surface area contributed by atoms with E-state index in [0.717, 1.165) is 44.3 Å². The number of hydrogen-bond donors (Lipinski definition) is 2. The molecule has 1 spiro atoms. The van der Waals surface area contributed by atoms with Crippen molar-refractivity contribution in [3.05, 3.63) is 47.5 Å². The predicted octanol–water partition coefficient (Wildman–Crippen LogP) is 3.43. The van der Waals surface area contributed by atoms with Crippen molar-refractivity contribution in [3.8, 4) is 0 Å². The Kier molecular flexibility index (Phi) is 6.11. The first-order valence-electron chi connectivity index (χ1n) is 12.6. The molecular formula is C27H37N3O2. The number of allylic oxidation sites excluding steroid dienone is 2. The van der Waals surface area contributed by atoms with E-state index in [-0.39, 0.29) is 40.9 Å². The molecule has 1 saturated heterocycles. The van der Waals surface area contributed by atoms with Gasteiger partial charge in [0.2, 0.25) is 11.8 Å². The van der Waals surface area contributed by atoms with Gasteiger partial charge in [0.15, 0.2) is 0 Å². The quantitative estimate of drug-likeness (QED) is 0.461. The van der Waals surface area contributed by atoms with Crippen LogP contribution in [0.1, 0.15) is 49.7 Å². The zero-order valence-electron chi connectivity index (χ0n) is 19.3. The van der Waals surface area contributed by atoms with Crippen LogP contribution in [0.4, 0.5) is 0 Å². The Bertz CT molecular complexity index is 867. The number of likely N-dealkylation sites (tertiary alicyclic amines) is 1. The number of benzene rings is 1. The van der Waals surface area contributed by atoms with Gasteiger partial charge in [0, 0.05) is 13.1 Å². The SMILES string of the molecule is Cc1ccc(CNC(=O)[C@H]2[C@H](C(=O)NCCCCN3CCCC3)[C@H]3C=C[C@@H]2C32CC2)cc1. The number of unbranched alkanes of at least 4 members (excludes halogenated alkanes) is 1. The Morgan fingerprint density at radius 3 is 2.19 bits per heavy atom. The van der Waals surface area contributed by atoms with E-state index in [1.807, 2.05) is 0 Å². The summed E-state index contributed by atoms with van der Waals surface area (Å²) in [5, 5.41) is 6.34. The number of aryl methyl sites for hydroxylation is 1. The fourth-order valence-electron chi connectivity index (χ4n) is 6.52. The van der Waals surface area contributed by atoms with Crippen LogP contribution in [0.15, 0.2) is 36.4 Å². The van der Waals surface area contributed by atoms with Crippen molar-refractivity contribution in [2.45, 2.75) is 52.0 Å². The van der Waals surface area contributed by atoms with Crippen LogP contribution < -0.4 is 10.6 Å². The number of carbonyl (C=O) groups is 2. The molecule has 172 valence electrons. The van der Waals surface area contributed by atoms with Crippen molar-refractivity contribution < 1.29 is 9.59 Å². The largest absolute Gasteiger partial charge is 0.356 e. The standard InChI is InChI=1S/C27H37N3O2/c1-19-6-8-20(9-7-19)18-29-26(32)24-22-11-10-21(27(22)12-13-27)23(24)25(31)28-14-2-3-15-30-16-4-5-17-30/h6-11,21-24H,2-5,12-18H2,1H3,(H,28,31)(H,29,32)/t21-,22+,23-,24-/m1/s1. The lowest BCUT2D eigenvalue weighted by Crippen LogP contribution is -2.44. The van der Waals surface area contributed by atoms with Gasteiger partial charge in [0.1, 0.15) is 0 Å². The van der Waals surface area contributed by atoms with Crippen LogP contribution in [0.2, 0.25) is 0 Å². The van der Waals surface area contributed by atoms with Gasteiger partial charge < -0.3 is 15.5 Å². The second-order valence-corrected chi connectivity index (χ2v) is 10.5. The maximum Gasteiger partial charge on any atom is 0.224 e. The van der Waals surface area contributed by atoms with Gasteiger partial charge in [-0.05, 0) is 87.9 Å². The number of nitrogens with one attached hydrogen (secondary N) is 2. The molecule has 0 radical (unpaired) electrons. The minimum absolute atomic E-state index is 0.0443. The lowest BCUT2D eigenvalue weighted by atomic mass is 9.81. The second-order valence-electron chi connectivity index (χ2n) is 10.5. The highest BCUT2D eigenvalue weighted by atomic mass is 16.2. The summed E-state index contributed by atoms with van der Waals surface area (Å²) in [6.45, 7) is 6.90. The Balaban J connectivity index is 1.17. The Morgan fingerprint density at radius 1 is 0.938 bits per heavy atom. The van der Waals surface area contributed by atoms with E-state index < -0.39 is 0 Å². The first kappa shape index (κ1) is 21.7. The first-order valence-corrected chi connectivity index (χ1v) is 12.6. The van der Waals surface area contributed by atoms with Crippen molar-refractivity contribution in [1.29, 1.82) is 0 Å². The maximum atomic E-state index is 13.3. The van der Waals surface area contributed by atoms with Gasteiger partial charge in [-0.15, -0.1) is 0 Å². The third kappa shape index (κ3) is 4.12. The van der Waals surface area contributed by atoms with Crippen molar-refractivity contribution in [3.63, 3.8) is 0 Å². The number of rotatable bonds is 9. The van der Waals surface area contributed by atoms with Crippen molar-refractivity contribution in [2.24, 2.45) is 29.1 Å². The summed E-state index contributed by atoms with van der Waals surface area (Å²) in [5.74, 6) is 0.128. The van der Waals surface area contributed by atoms with Gasteiger partial charge in [-0.3, -0.25) is 9.59 Å². The molecule has 2 saturated carbocycles. The van der Waals surface area contributed by atoms with Crippen LogP contribution in [0.5, 0.6) is 0 Å². The molecule has 0 aromatic heterocycles. The van der Waals surface area contributed by atoms with E-state index in [0.29, 0.717) is 6.54 Å². The number of hydrogen-bond acceptors (Lipinski definition) is 3. The summed E-state index contributed by atoms with van der Waals surface area (Å²) < 4.78 is 0. The topological polar surface area (TPSA) is 61.4 Å². The molecule has 1 aromatic carbocycles. The average Bonchev–Trinajstić information content (AvgIpc) is 3.16. The van der Waals surface area contributed by atoms with Crippen LogP contribution in [0.25, 0.3) is 0 Å². The lowest BCUT2D eigenvalue weighted by molar-refractivity contribution is -0.135. The monoisotopic (exact) mass is 435 g/mol. The minimum Gasteiger partial charge on any atom is -0.356 e. The molecule has 32 heavy (non-hydrogen) atoms. The van der Waals surface area contributed by atoms with E-state index in [4.69, 9.17) is 0 Å². The van der Waals surface area contributed by atoms with Crippen LogP contribution in [0, 0.1) is 36.0 Å². The first-order chi connectivity index (χ1) is 15.6. The van der Waals surface area contributed by atoms with Gasteiger partial charge in [-0.25, -0.2) is 0 Å². The van der Waals surface area contributed by atoms with Crippen molar-refractivity contribution in [2.75, 3.05) is 26.2 Å². The zero-order chi connectivity index (χ0) is 22.1. The Morgan fingerprint density at radius 2 is 1.56 bits per heavy atom. The molecular weight excluding hydrogens is 398 g/mol. The molecule has 2 bridgehead atoms. The smallest absolute Gasteiger partial charge is 0.224 e. The maximum absolute atomic E-state index is 13.3. The van der Waals surface area contributed by atoms with Gasteiger partial charge in [-0.1, -0.05) is 42.0 Å². The highest BCUT2D eigenvalue weighted by Crippen LogP contribution is 2.72. The fourth-order valence-corrected chi connectivity index (χ4v) is 6.52. The zero-order valence-corrected chi connectivity index (χ0v) is 19.3. The van der Waals surface area contributed by atoms with Gasteiger partial charge in [0.25, 0.3) is 0 Å². The molecule has 2 N–H and O–H groups in total. The molecule has 5 heteroatoms. The molecule has 5 rings (SSSR count). The Hall–Kier alpha value is -2.14.